The summed E-state index contributed by atoms with van der Waals surface area (Å²) < 4.78 is 26.6. The second-order valence-corrected chi connectivity index (χ2v) is 14.7. The SMILES string of the molecule is COc1cc(/C=C/c2ccc(OC(=O)OCCNC(=O)C(CCC(=O)NC(c3ccccc3)(c3ccccc3)c3ccccc3)NC(=O)OC(C)(C)C)cc2)cc(OC)c1. The summed E-state index contributed by atoms with van der Waals surface area (Å²) >= 11 is 0. The maximum atomic E-state index is 14.0. The van der Waals surface area contributed by atoms with Gasteiger partial charge in [0.1, 0.15) is 41.0 Å². The van der Waals surface area contributed by atoms with Crippen LogP contribution < -0.4 is 30.2 Å². The number of rotatable bonds is 17. The lowest BCUT2D eigenvalue weighted by Gasteiger charge is -2.37. The lowest BCUT2D eigenvalue weighted by molar-refractivity contribution is -0.124. The van der Waals surface area contributed by atoms with Gasteiger partial charge in [0.05, 0.1) is 20.8 Å². The Hall–Kier alpha value is -7.08. The molecule has 12 nitrogen and oxygen atoms in total. The van der Waals surface area contributed by atoms with Crippen molar-refractivity contribution in [1.29, 1.82) is 0 Å². The first-order valence-electron chi connectivity index (χ1n) is 19.5. The molecule has 1 atom stereocenters. The van der Waals surface area contributed by atoms with Crippen molar-refractivity contribution in [2.45, 2.75) is 50.8 Å². The van der Waals surface area contributed by atoms with Crippen LogP contribution in [0.4, 0.5) is 9.59 Å². The molecule has 1 unspecified atom stereocenters. The first-order valence-corrected chi connectivity index (χ1v) is 19.5. The molecule has 0 aliphatic carbocycles. The highest BCUT2D eigenvalue weighted by atomic mass is 16.7. The van der Waals surface area contributed by atoms with E-state index in [1.165, 1.54) is 0 Å². The molecule has 0 radical (unpaired) electrons. The molecule has 12 heteroatoms. The van der Waals surface area contributed by atoms with E-state index in [2.05, 4.69) is 16.0 Å². The van der Waals surface area contributed by atoms with Crippen LogP contribution in [0.2, 0.25) is 0 Å². The van der Waals surface area contributed by atoms with Crippen LogP contribution in [0.15, 0.2) is 133 Å². The van der Waals surface area contributed by atoms with Crippen LogP contribution in [0.25, 0.3) is 12.2 Å². The maximum absolute atomic E-state index is 14.0. The molecule has 0 aliphatic heterocycles. The molecule has 0 spiro atoms. The normalized spacial score (nSPS) is 11.8. The molecule has 0 aromatic heterocycles. The summed E-state index contributed by atoms with van der Waals surface area (Å²) in [6.45, 7) is 4.80. The zero-order valence-electron chi connectivity index (χ0n) is 34.4. The van der Waals surface area contributed by atoms with Crippen molar-refractivity contribution in [3.8, 4) is 17.2 Å². The molecule has 0 aliphatic rings. The molecular weight excluding hydrogens is 763 g/mol. The van der Waals surface area contributed by atoms with Crippen molar-refractivity contribution in [3.05, 3.63) is 161 Å². The van der Waals surface area contributed by atoms with Crippen LogP contribution in [-0.2, 0) is 24.6 Å². The standard InChI is InChI=1S/C48H51N3O9/c1-47(2,3)60-45(54)50-42(27-28-43(52)51-48(36-15-9-6-10-16-36,37-17-11-7-12-18-37)38-19-13-8-14-20-38)44(53)49-29-30-58-46(55)59-39-25-23-34(24-26-39)21-22-35-31-40(56-4)33-41(32-35)57-5/h6-26,31-33,42H,27-30H2,1-5H3,(H,49,53)(H,50,54)(H,51,52)/b22-21+. The molecule has 3 N–H and O–H groups in total. The Bertz CT molecular complexity index is 2090. The lowest BCUT2D eigenvalue weighted by Crippen LogP contribution is -2.50. The van der Waals surface area contributed by atoms with Crippen LogP contribution in [-0.4, -0.2) is 63.1 Å². The third-order valence-electron chi connectivity index (χ3n) is 9.16. The average molecular weight is 814 g/mol. The van der Waals surface area contributed by atoms with Crippen molar-refractivity contribution in [2.75, 3.05) is 27.4 Å². The Balaban J connectivity index is 1.19. The minimum atomic E-state index is -1.16. The van der Waals surface area contributed by atoms with Gasteiger partial charge in [0.2, 0.25) is 11.8 Å². The molecule has 0 saturated carbocycles. The van der Waals surface area contributed by atoms with Gasteiger partial charge < -0.3 is 39.6 Å². The molecule has 0 heterocycles. The third-order valence-corrected chi connectivity index (χ3v) is 9.16. The summed E-state index contributed by atoms with van der Waals surface area (Å²) in [6, 6.07) is 40.1. The highest BCUT2D eigenvalue weighted by molar-refractivity contribution is 5.87. The van der Waals surface area contributed by atoms with Gasteiger partial charge in [0, 0.05) is 12.5 Å². The van der Waals surface area contributed by atoms with Crippen molar-refractivity contribution < 1.29 is 42.9 Å². The number of carbonyl (C=O) groups is 4. The van der Waals surface area contributed by atoms with Crippen molar-refractivity contribution in [1.82, 2.24) is 16.0 Å². The number of benzene rings is 5. The van der Waals surface area contributed by atoms with E-state index in [0.29, 0.717) is 11.5 Å². The summed E-state index contributed by atoms with van der Waals surface area (Å²) in [5, 5.41) is 8.55. The van der Waals surface area contributed by atoms with E-state index in [-0.39, 0.29) is 37.6 Å². The number of carbonyl (C=O) groups excluding carboxylic acids is 4. The van der Waals surface area contributed by atoms with Gasteiger partial charge in [-0.25, -0.2) is 9.59 Å². The Kier molecular flexibility index (Phi) is 15.5. The lowest BCUT2D eigenvalue weighted by atomic mass is 9.77. The molecular formula is C48H51N3O9. The van der Waals surface area contributed by atoms with Crippen molar-refractivity contribution in [3.63, 3.8) is 0 Å². The summed E-state index contributed by atoms with van der Waals surface area (Å²) in [5.74, 6) is 0.647. The molecule has 5 aromatic carbocycles. The van der Waals surface area contributed by atoms with Crippen LogP contribution in [0.1, 0.15) is 61.4 Å². The molecule has 5 rings (SSSR count). The Morgan fingerprint density at radius 2 is 1.17 bits per heavy atom. The summed E-state index contributed by atoms with van der Waals surface area (Å²) in [7, 11) is 3.18. The Labute approximate surface area is 350 Å². The zero-order valence-corrected chi connectivity index (χ0v) is 34.4. The van der Waals surface area contributed by atoms with E-state index in [9.17, 15) is 19.2 Å². The molecule has 3 amide bonds. The van der Waals surface area contributed by atoms with E-state index in [1.54, 1.807) is 65.3 Å². The fourth-order valence-corrected chi connectivity index (χ4v) is 6.37. The number of hydrogen-bond acceptors (Lipinski definition) is 9. The van der Waals surface area contributed by atoms with E-state index in [1.807, 2.05) is 115 Å². The zero-order chi connectivity index (χ0) is 43.0. The Morgan fingerprint density at radius 1 is 0.650 bits per heavy atom. The smallest absolute Gasteiger partial charge is 0.497 e. The monoisotopic (exact) mass is 813 g/mol. The van der Waals surface area contributed by atoms with E-state index < -0.39 is 35.3 Å². The van der Waals surface area contributed by atoms with Crippen LogP contribution >= 0.6 is 0 Å². The van der Waals surface area contributed by atoms with Gasteiger partial charge in [-0.2, -0.15) is 0 Å². The van der Waals surface area contributed by atoms with Gasteiger partial charge >= 0.3 is 12.2 Å². The van der Waals surface area contributed by atoms with Crippen LogP contribution in [0, 0.1) is 0 Å². The summed E-state index contributed by atoms with van der Waals surface area (Å²) in [5.41, 5.74) is 2.36. The summed E-state index contributed by atoms with van der Waals surface area (Å²) in [4.78, 5) is 52.8. The molecule has 0 bridgehead atoms. The predicted octanol–water partition coefficient (Wildman–Crippen LogP) is 8.29. The van der Waals surface area contributed by atoms with Crippen molar-refractivity contribution in [2.24, 2.45) is 0 Å². The fourth-order valence-electron chi connectivity index (χ4n) is 6.37. The van der Waals surface area contributed by atoms with Gasteiger partial charge in [-0.3, -0.25) is 9.59 Å². The van der Waals surface area contributed by atoms with E-state index >= 15 is 0 Å². The minimum absolute atomic E-state index is 0.0623. The van der Waals surface area contributed by atoms with Gasteiger partial charge in [0.25, 0.3) is 0 Å². The number of nitrogens with one attached hydrogen (secondary N) is 3. The average Bonchev–Trinajstić information content (AvgIpc) is 3.25. The molecule has 60 heavy (non-hydrogen) atoms. The predicted molar refractivity (Wildman–Crippen MR) is 230 cm³/mol. The molecule has 0 fully saturated rings. The second kappa shape index (κ2) is 21.1. The highest BCUT2D eigenvalue weighted by Crippen LogP contribution is 2.37. The number of hydrogen-bond donors (Lipinski definition) is 3. The van der Waals surface area contributed by atoms with E-state index in [0.717, 1.165) is 27.8 Å². The topological polar surface area (TPSA) is 151 Å². The van der Waals surface area contributed by atoms with E-state index in [4.69, 9.17) is 23.7 Å². The van der Waals surface area contributed by atoms with Gasteiger partial charge in [0.15, 0.2) is 0 Å². The Morgan fingerprint density at radius 3 is 1.67 bits per heavy atom. The fraction of sp³-hybridized carbons (Fsp3) is 0.250. The second-order valence-electron chi connectivity index (χ2n) is 14.7. The largest absolute Gasteiger partial charge is 0.513 e. The molecule has 5 aromatic rings. The first kappa shape index (κ1) is 44.0. The molecule has 0 saturated heterocycles. The first-order chi connectivity index (χ1) is 28.9. The summed E-state index contributed by atoms with van der Waals surface area (Å²) in [6.07, 6.45) is 1.82. The van der Waals surface area contributed by atoms with Gasteiger partial charge in [-0.05, 0) is 79.3 Å². The van der Waals surface area contributed by atoms with Crippen LogP contribution in [0.5, 0.6) is 17.2 Å². The maximum Gasteiger partial charge on any atom is 0.513 e. The van der Waals surface area contributed by atoms with Crippen LogP contribution in [0.3, 0.4) is 0 Å². The number of alkyl carbamates (subject to hydrolysis) is 1. The minimum Gasteiger partial charge on any atom is -0.497 e. The number of amides is 3. The quantitative estimate of drug-likeness (QED) is 0.0277. The third kappa shape index (κ3) is 12.7. The highest BCUT2D eigenvalue weighted by Gasteiger charge is 2.38. The molecule has 312 valence electrons. The number of methoxy groups -OCH3 is 2. The number of ether oxygens (including phenoxy) is 5. The van der Waals surface area contributed by atoms with Gasteiger partial charge in [-0.1, -0.05) is 115 Å². The van der Waals surface area contributed by atoms with Gasteiger partial charge in [-0.15, -0.1) is 0 Å². The van der Waals surface area contributed by atoms with Crippen molar-refractivity contribution >= 4 is 36.2 Å².